The maximum absolute atomic E-state index is 11.6. The van der Waals surface area contributed by atoms with Crippen LogP contribution in [0.5, 0.6) is 0 Å². The predicted molar refractivity (Wildman–Crippen MR) is 84.3 cm³/mol. The van der Waals surface area contributed by atoms with E-state index < -0.39 is 0 Å². The van der Waals surface area contributed by atoms with Gasteiger partial charge in [0, 0.05) is 25.0 Å². The highest BCUT2D eigenvalue weighted by Crippen LogP contribution is 2.07. The molecule has 0 bridgehead atoms. The number of nitrogens with one attached hydrogen (secondary N) is 2. The van der Waals surface area contributed by atoms with Crippen LogP contribution in [-0.2, 0) is 4.79 Å². The highest BCUT2D eigenvalue weighted by Gasteiger charge is 2.15. The van der Waals surface area contributed by atoms with Gasteiger partial charge in [0.15, 0.2) is 0 Å². The zero-order valence-corrected chi connectivity index (χ0v) is 13.4. The number of amides is 2. The van der Waals surface area contributed by atoms with Gasteiger partial charge in [0.1, 0.15) is 0 Å². The molecule has 114 valence electrons. The van der Waals surface area contributed by atoms with E-state index in [0.717, 1.165) is 0 Å². The molecule has 4 N–H and O–H groups in total. The minimum atomic E-state index is -0.194. The van der Waals surface area contributed by atoms with Gasteiger partial charge in [-0.2, -0.15) is 0 Å². The lowest BCUT2D eigenvalue weighted by Gasteiger charge is -2.15. The Balaban J connectivity index is 0.00000361. The number of thiophene rings is 1. The summed E-state index contributed by atoms with van der Waals surface area (Å²) in [5.74, 6) is -0.300. The standard InChI is InChI=1S/C13H21N3O2S.ClH/c1-9(10(2)14)12(17)15-6-4-7-16-13(18)11-5-3-8-19-11;/h3,5,8-10H,4,6-7,14H2,1-2H3,(H,15,17)(H,16,18);1H. The van der Waals surface area contributed by atoms with Crippen LogP contribution < -0.4 is 16.4 Å². The van der Waals surface area contributed by atoms with Crippen molar-refractivity contribution in [3.63, 3.8) is 0 Å². The van der Waals surface area contributed by atoms with Crippen molar-refractivity contribution >= 4 is 35.6 Å². The van der Waals surface area contributed by atoms with Gasteiger partial charge in [-0.15, -0.1) is 23.7 Å². The lowest BCUT2D eigenvalue weighted by atomic mass is 10.0. The summed E-state index contributed by atoms with van der Waals surface area (Å²) >= 11 is 1.41. The van der Waals surface area contributed by atoms with Crippen molar-refractivity contribution in [1.82, 2.24) is 10.6 Å². The molecule has 0 aromatic carbocycles. The van der Waals surface area contributed by atoms with E-state index in [0.29, 0.717) is 24.4 Å². The van der Waals surface area contributed by atoms with Crippen LogP contribution in [0.3, 0.4) is 0 Å². The first-order valence-electron chi connectivity index (χ1n) is 6.37. The molecule has 0 fully saturated rings. The number of rotatable bonds is 7. The largest absolute Gasteiger partial charge is 0.356 e. The Hall–Kier alpha value is -1.11. The van der Waals surface area contributed by atoms with Crippen molar-refractivity contribution in [1.29, 1.82) is 0 Å². The van der Waals surface area contributed by atoms with Crippen LogP contribution in [0.25, 0.3) is 0 Å². The SMILES string of the molecule is CC(N)C(C)C(=O)NCCCNC(=O)c1cccs1.Cl. The Labute approximate surface area is 129 Å². The third-order valence-corrected chi connectivity index (χ3v) is 3.75. The molecule has 0 aliphatic heterocycles. The third kappa shape index (κ3) is 6.36. The van der Waals surface area contributed by atoms with E-state index in [2.05, 4.69) is 10.6 Å². The summed E-state index contributed by atoms with van der Waals surface area (Å²) < 4.78 is 0. The van der Waals surface area contributed by atoms with Gasteiger partial charge in [-0.05, 0) is 24.8 Å². The molecule has 2 unspecified atom stereocenters. The highest BCUT2D eigenvalue weighted by molar-refractivity contribution is 7.12. The molecule has 5 nitrogen and oxygen atoms in total. The molecule has 20 heavy (non-hydrogen) atoms. The number of hydrogen-bond acceptors (Lipinski definition) is 4. The van der Waals surface area contributed by atoms with E-state index in [1.165, 1.54) is 11.3 Å². The van der Waals surface area contributed by atoms with E-state index in [-0.39, 0.29) is 36.2 Å². The molecule has 0 aliphatic rings. The summed E-state index contributed by atoms with van der Waals surface area (Å²) in [7, 11) is 0. The molecule has 0 aliphatic carbocycles. The molecule has 0 saturated carbocycles. The summed E-state index contributed by atoms with van der Waals surface area (Å²) in [6.07, 6.45) is 0.703. The molecule has 0 saturated heterocycles. The van der Waals surface area contributed by atoms with Crippen LogP contribution in [0.2, 0.25) is 0 Å². The Bertz CT molecular complexity index is 410. The summed E-state index contributed by atoms with van der Waals surface area (Å²) in [5.41, 5.74) is 5.64. The molecule has 0 spiro atoms. The Morgan fingerprint density at radius 3 is 2.50 bits per heavy atom. The van der Waals surface area contributed by atoms with E-state index >= 15 is 0 Å². The summed E-state index contributed by atoms with van der Waals surface area (Å²) in [5, 5.41) is 7.48. The van der Waals surface area contributed by atoms with E-state index in [4.69, 9.17) is 5.73 Å². The van der Waals surface area contributed by atoms with Crippen LogP contribution in [0, 0.1) is 5.92 Å². The number of carbonyl (C=O) groups is 2. The van der Waals surface area contributed by atoms with Crippen LogP contribution in [0.4, 0.5) is 0 Å². The van der Waals surface area contributed by atoms with Gasteiger partial charge in [0.25, 0.3) is 5.91 Å². The monoisotopic (exact) mass is 319 g/mol. The first kappa shape index (κ1) is 18.9. The minimum Gasteiger partial charge on any atom is -0.356 e. The molecule has 1 heterocycles. The molecule has 2 amide bonds. The van der Waals surface area contributed by atoms with Crippen molar-refractivity contribution in [3.05, 3.63) is 22.4 Å². The average Bonchev–Trinajstić information content (AvgIpc) is 2.90. The van der Waals surface area contributed by atoms with Crippen molar-refractivity contribution in [2.24, 2.45) is 11.7 Å². The molecule has 1 aromatic heterocycles. The van der Waals surface area contributed by atoms with Crippen molar-refractivity contribution in [2.75, 3.05) is 13.1 Å². The maximum Gasteiger partial charge on any atom is 0.261 e. The maximum atomic E-state index is 11.6. The molecular weight excluding hydrogens is 298 g/mol. The van der Waals surface area contributed by atoms with Crippen LogP contribution in [0.1, 0.15) is 29.9 Å². The van der Waals surface area contributed by atoms with Gasteiger partial charge in [0.2, 0.25) is 5.91 Å². The zero-order chi connectivity index (χ0) is 14.3. The third-order valence-electron chi connectivity index (χ3n) is 2.89. The fraction of sp³-hybridized carbons (Fsp3) is 0.538. The summed E-state index contributed by atoms with van der Waals surface area (Å²) in [6, 6.07) is 3.47. The summed E-state index contributed by atoms with van der Waals surface area (Å²) in [4.78, 5) is 23.9. The lowest BCUT2D eigenvalue weighted by Crippen LogP contribution is -2.39. The van der Waals surface area contributed by atoms with Gasteiger partial charge in [-0.25, -0.2) is 0 Å². The fourth-order valence-electron chi connectivity index (χ4n) is 1.40. The number of hydrogen-bond donors (Lipinski definition) is 3. The molecule has 0 radical (unpaired) electrons. The van der Waals surface area contributed by atoms with Crippen LogP contribution >= 0.6 is 23.7 Å². The van der Waals surface area contributed by atoms with Gasteiger partial charge < -0.3 is 16.4 Å². The normalized spacial score (nSPS) is 12.9. The zero-order valence-electron chi connectivity index (χ0n) is 11.7. The predicted octanol–water partition coefficient (Wildman–Crippen LogP) is 1.39. The molecule has 1 rings (SSSR count). The van der Waals surface area contributed by atoms with Gasteiger partial charge >= 0.3 is 0 Å². The summed E-state index contributed by atoms with van der Waals surface area (Å²) in [6.45, 7) is 4.70. The smallest absolute Gasteiger partial charge is 0.261 e. The first-order valence-corrected chi connectivity index (χ1v) is 7.25. The van der Waals surface area contributed by atoms with E-state index in [1.807, 2.05) is 18.4 Å². The number of nitrogens with two attached hydrogens (primary N) is 1. The fourth-order valence-corrected chi connectivity index (χ4v) is 2.04. The van der Waals surface area contributed by atoms with Gasteiger partial charge in [-0.1, -0.05) is 13.0 Å². The number of halogens is 1. The molecular formula is C13H22ClN3O2S. The van der Waals surface area contributed by atoms with Crippen LogP contribution in [-0.4, -0.2) is 30.9 Å². The number of carbonyl (C=O) groups excluding carboxylic acids is 2. The second-order valence-corrected chi connectivity index (χ2v) is 5.47. The van der Waals surface area contributed by atoms with Gasteiger partial charge in [0.05, 0.1) is 4.88 Å². The molecule has 1 aromatic rings. The van der Waals surface area contributed by atoms with Crippen LogP contribution in [0.15, 0.2) is 17.5 Å². The molecule has 7 heteroatoms. The van der Waals surface area contributed by atoms with Gasteiger partial charge in [-0.3, -0.25) is 9.59 Å². The average molecular weight is 320 g/mol. The van der Waals surface area contributed by atoms with Crippen molar-refractivity contribution < 1.29 is 9.59 Å². The second-order valence-electron chi connectivity index (χ2n) is 4.53. The highest BCUT2D eigenvalue weighted by atomic mass is 35.5. The Morgan fingerprint density at radius 2 is 1.95 bits per heavy atom. The molecule has 2 atom stereocenters. The lowest BCUT2D eigenvalue weighted by molar-refractivity contribution is -0.124. The quantitative estimate of drug-likeness (QED) is 0.664. The second kappa shape index (κ2) is 9.74. The Morgan fingerprint density at radius 1 is 1.30 bits per heavy atom. The van der Waals surface area contributed by atoms with Crippen molar-refractivity contribution in [3.8, 4) is 0 Å². The Kier molecular flexibility index (Phi) is 9.20. The van der Waals surface area contributed by atoms with E-state index in [9.17, 15) is 9.59 Å². The van der Waals surface area contributed by atoms with E-state index in [1.54, 1.807) is 13.0 Å². The minimum absolute atomic E-state index is 0. The topological polar surface area (TPSA) is 84.2 Å². The first-order chi connectivity index (χ1) is 9.02. The van der Waals surface area contributed by atoms with Crippen molar-refractivity contribution in [2.45, 2.75) is 26.3 Å².